The van der Waals surface area contributed by atoms with Gasteiger partial charge in [0.25, 0.3) is 0 Å². The van der Waals surface area contributed by atoms with Gasteiger partial charge in [0.1, 0.15) is 0 Å². The monoisotopic (exact) mass is 789 g/mol. The van der Waals surface area contributed by atoms with Crippen LogP contribution in [0, 0.1) is 0 Å². The van der Waals surface area contributed by atoms with Gasteiger partial charge >= 0.3 is 0 Å². The second kappa shape index (κ2) is 13.7. The molecule has 0 radical (unpaired) electrons. The Morgan fingerprint density at radius 1 is 0.305 bits per heavy atom. The van der Waals surface area contributed by atoms with Crippen LogP contribution in [-0.2, 0) is 0 Å². The molecular weight excluding hydrogens is 755 g/mol. The van der Waals surface area contributed by atoms with E-state index in [1.165, 1.54) is 67.8 Å². The molecule has 0 amide bonds. The maximum absolute atomic E-state index is 2.43. The van der Waals surface area contributed by atoms with Gasteiger partial charge in [-0.2, -0.15) is 0 Å². The highest BCUT2D eigenvalue weighted by atomic mass is 32.1. The minimum Gasteiger partial charge on any atom is -0.310 e. The van der Waals surface area contributed by atoms with E-state index in [0.29, 0.717) is 0 Å². The number of fused-ring (bicyclic) bond motifs is 9. The summed E-state index contributed by atoms with van der Waals surface area (Å²) < 4.78 is 7.51. The lowest BCUT2D eigenvalue weighted by Gasteiger charge is -2.26. The Labute approximate surface area is 349 Å². The predicted octanol–water partition coefficient (Wildman–Crippen LogP) is 16.5. The van der Waals surface area contributed by atoms with E-state index in [9.17, 15) is 0 Å². The average Bonchev–Trinajstić information content (AvgIpc) is 3.97. The molecule has 0 aliphatic carbocycles. The van der Waals surface area contributed by atoms with Gasteiger partial charge < -0.3 is 14.4 Å². The summed E-state index contributed by atoms with van der Waals surface area (Å²) in [5.74, 6) is 0. The summed E-state index contributed by atoms with van der Waals surface area (Å²) in [6.45, 7) is 0. The molecule has 0 saturated carbocycles. The van der Waals surface area contributed by atoms with E-state index in [1.54, 1.807) is 0 Å². The summed E-state index contributed by atoms with van der Waals surface area (Å²) in [5.41, 5.74) is 10.4. The third kappa shape index (κ3) is 5.54. The number of anilines is 6. The maximum Gasteiger partial charge on any atom is 0.0640 e. The zero-order chi connectivity index (χ0) is 38.9. The fraction of sp³-hybridized carbons (Fsp3) is 0. The Morgan fingerprint density at radius 2 is 0.864 bits per heavy atom. The van der Waals surface area contributed by atoms with E-state index in [4.69, 9.17) is 0 Å². The van der Waals surface area contributed by atoms with Crippen molar-refractivity contribution in [3.63, 3.8) is 0 Å². The number of aromatic nitrogens is 1. The van der Waals surface area contributed by atoms with Crippen LogP contribution in [0.2, 0.25) is 0 Å². The third-order valence-corrected chi connectivity index (χ3v) is 13.9. The molecule has 0 fully saturated rings. The molecule has 0 bridgehead atoms. The number of hydrogen-bond acceptors (Lipinski definition) is 4. The molecular formula is C54H35N3S2. The highest BCUT2D eigenvalue weighted by Gasteiger charge is 2.21. The van der Waals surface area contributed by atoms with E-state index in [-0.39, 0.29) is 0 Å². The largest absolute Gasteiger partial charge is 0.310 e. The lowest BCUT2D eigenvalue weighted by molar-refractivity contribution is 1.18. The second-order valence-corrected chi connectivity index (χ2v) is 17.1. The summed E-state index contributed by atoms with van der Waals surface area (Å²) in [4.78, 5) is 4.82. The van der Waals surface area contributed by atoms with Gasteiger partial charge in [0.15, 0.2) is 0 Å². The maximum atomic E-state index is 2.43. The van der Waals surface area contributed by atoms with Crippen molar-refractivity contribution in [1.82, 2.24) is 4.57 Å². The van der Waals surface area contributed by atoms with Crippen LogP contribution in [0.25, 0.3) is 67.8 Å². The van der Waals surface area contributed by atoms with Gasteiger partial charge in [0, 0.05) is 80.5 Å². The van der Waals surface area contributed by atoms with Crippen LogP contribution in [0.5, 0.6) is 0 Å². The number of benzene rings is 9. The molecule has 5 heteroatoms. The Hall–Kier alpha value is -7.18. The Kier molecular flexibility index (Phi) is 7.90. The zero-order valence-electron chi connectivity index (χ0n) is 31.9. The summed E-state index contributed by atoms with van der Waals surface area (Å²) in [6.07, 6.45) is 0. The number of para-hydroxylation sites is 4. The quantitative estimate of drug-likeness (QED) is 0.159. The molecule has 3 nitrogen and oxygen atoms in total. The van der Waals surface area contributed by atoms with Crippen LogP contribution < -0.4 is 9.80 Å². The second-order valence-electron chi connectivity index (χ2n) is 14.9. The van der Waals surface area contributed by atoms with Gasteiger partial charge in [-0.1, -0.05) is 109 Å². The predicted molar refractivity (Wildman–Crippen MR) is 256 cm³/mol. The first kappa shape index (κ1) is 33.9. The van der Waals surface area contributed by atoms with E-state index >= 15 is 0 Å². The molecule has 3 aromatic heterocycles. The number of nitrogens with zero attached hydrogens (tertiary/aromatic N) is 3. The minimum absolute atomic E-state index is 1.12. The van der Waals surface area contributed by atoms with Crippen molar-refractivity contribution in [3.8, 4) is 5.69 Å². The van der Waals surface area contributed by atoms with Crippen molar-refractivity contribution < 1.29 is 0 Å². The van der Waals surface area contributed by atoms with E-state index in [2.05, 4.69) is 227 Å². The topological polar surface area (TPSA) is 11.4 Å². The van der Waals surface area contributed by atoms with E-state index < -0.39 is 0 Å². The Morgan fingerprint density at radius 3 is 1.68 bits per heavy atom. The molecule has 12 aromatic rings. The fourth-order valence-corrected chi connectivity index (χ4v) is 11.3. The highest BCUT2D eigenvalue weighted by Crippen LogP contribution is 2.47. The van der Waals surface area contributed by atoms with Gasteiger partial charge in [-0.05, 0) is 103 Å². The standard InChI is InChI=1S/C54H35N3S2/c1-4-15-36(16-5-1)55(39-28-31-49-46(33-39)42-21-10-12-24-48(42)57(49)38-19-8-3-9-20-38)41-27-30-44-47-34-40(29-32-52(47)58-53(44)35-41)56(37-17-6-2-7-18-37)50-25-14-23-45-43-22-11-13-26-51(43)59-54(45)50/h1-35H. The molecule has 0 saturated heterocycles. The van der Waals surface area contributed by atoms with Crippen LogP contribution in [0.4, 0.5) is 34.1 Å². The van der Waals surface area contributed by atoms with Crippen LogP contribution >= 0.6 is 22.7 Å². The molecule has 3 heterocycles. The van der Waals surface area contributed by atoms with Crippen LogP contribution in [0.15, 0.2) is 212 Å². The normalized spacial score (nSPS) is 11.7. The van der Waals surface area contributed by atoms with Gasteiger partial charge in [-0.25, -0.2) is 0 Å². The first-order valence-electron chi connectivity index (χ1n) is 19.9. The van der Waals surface area contributed by atoms with Crippen molar-refractivity contribution in [3.05, 3.63) is 212 Å². The summed E-state index contributed by atoms with van der Waals surface area (Å²) in [6, 6.07) is 77.3. The molecule has 9 aromatic carbocycles. The van der Waals surface area contributed by atoms with Gasteiger partial charge in [-0.3, -0.25) is 0 Å². The number of hydrogen-bond donors (Lipinski definition) is 0. The van der Waals surface area contributed by atoms with Crippen LogP contribution in [0.1, 0.15) is 0 Å². The van der Waals surface area contributed by atoms with E-state index in [0.717, 1.165) is 34.1 Å². The smallest absolute Gasteiger partial charge is 0.0640 e. The summed E-state index contributed by atoms with van der Waals surface area (Å²) >= 11 is 3.73. The third-order valence-electron chi connectivity index (χ3n) is 11.5. The van der Waals surface area contributed by atoms with Gasteiger partial charge in [0.05, 0.1) is 21.4 Å². The molecule has 0 aliphatic rings. The van der Waals surface area contributed by atoms with Crippen molar-refractivity contribution in [2.75, 3.05) is 9.80 Å². The van der Waals surface area contributed by atoms with Crippen molar-refractivity contribution in [2.24, 2.45) is 0 Å². The number of rotatable bonds is 7. The molecule has 278 valence electrons. The first-order valence-corrected chi connectivity index (χ1v) is 21.6. The summed E-state index contributed by atoms with van der Waals surface area (Å²) in [5, 5.41) is 7.60. The highest BCUT2D eigenvalue weighted by molar-refractivity contribution is 7.26. The van der Waals surface area contributed by atoms with Gasteiger partial charge in [-0.15, -0.1) is 22.7 Å². The fourth-order valence-electron chi connectivity index (χ4n) is 8.92. The van der Waals surface area contributed by atoms with Crippen molar-refractivity contribution in [1.29, 1.82) is 0 Å². The molecule has 0 spiro atoms. The van der Waals surface area contributed by atoms with Gasteiger partial charge in [0.2, 0.25) is 0 Å². The summed E-state index contributed by atoms with van der Waals surface area (Å²) in [7, 11) is 0. The average molecular weight is 790 g/mol. The molecule has 0 unspecified atom stereocenters. The van der Waals surface area contributed by atoms with E-state index in [1.807, 2.05) is 22.7 Å². The molecule has 0 N–H and O–H groups in total. The van der Waals surface area contributed by atoms with Crippen molar-refractivity contribution >= 4 is 119 Å². The SMILES string of the molecule is c1ccc(N(c2ccc3c(c2)sc2ccc(N(c4ccccc4)c4cccc5c4sc4ccccc45)cc23)c2ccc3c(c2)c2ccccc2n3-c2ccccc2)cc1. The Balaban J connectivity index is 1.00. The Bertz CT molecular complexity index is 3510. The van der Waals surface area contributed by atoms with Crippen molar-refractivity contribution in [2.45, 2.75) is 0 Å². The lowest BCUT2D eigenvalue weighted by atomic mass is 10.1. The van der Waals surface area contributed by atoms with Crippen LogP contribution in [0.3, 0.4) is 0 Å². The first-order chi connectivity index (χ1) is 29.3. The zero-order valence-corrected chi connectivity index (χ0v) is 33.5. The molecule has 59 heavy (non-hydrogen) atoms. The molecule has 0 atom stereocenters. The lowest BCUT2D eigenvalue weighted by Crippen LogP contribution is -2.10. The molecule has 12 rings (SSSR count). The number of thiophene rings is 2. The van der Waals surface area contributed by atoms with Crippen LogP contribution in [-0.4, -0.2) is 4.57 Å². The molecule has 0 aliphatic heterocycles. The minimum atomic E-state index is 1.12.